The van der Waals surface area contributed by atoms with Crippen LogP contribution in [0.1, 0.15) is 26.3 Å². The fourth-order valence-electron chi connectivity index (χ4n) is 2.25. The lowest BCUT2D eigenvalue weighted by molar-refractivity contribution is -0.119. The van der Waals surface area contributed by atoms with E-state index in [-0.39, 0.29) is 24.5 Å². The highest BCUT2D eigenvalue weighted by atomic mass is 32.2. The van der Waals surface area contributed by atoms with Gasteiger partial charge in [-0.3, -0.25) is 4.79 Å². The highest BCUT2D eigenvalue weighted by Crippen LogP contribution is 2.25. The molecule has 0 radical (unpaired) electrons. The Labute approximate surface area is 160 Å². The molecule has 2 aromatic carbocycles. The molecule has 0 bridgehead atoms. The standard InChI is InChI=1S/C21H27NO3S/c1-21(2,3)16-9-11-19(12-10-16)26-15-20(24)22-13-17(23)14-25-18-7-5-4-6-8-18/h4-12,17,23H,13-15H2,1-3H3,(H,22,24). The van der Waals surface area contributed by atoms with Gasteiger partial charge in [0.1, 0.15) is 18.5 Å². The first-order chi connectivity index (χ1) is 12.3. The summed E-state index contributed by atoms with van der Waals surface area (Å²) in [5, 5.41) is 12.6. The molecule has 1 amide bonds. The molecule has 0 aliphatic carbocycles. The Morgan fingerprint density at radius 3 is 2.38 bits per heavy atom. The zero-order valence-electron chi connectivity index (χ0n) is 15.6. The van der Waals surface area contributed by atoms with Crippen molar-refractivity contribution in [3.63, 3.8) is 0 Å². The third-order valence-electron chi connectivity index (χ3n) is 3.81. The van der Waals surface area contributed by atoms with Crippen LogP contribution in [0.5, 0.6) is 5.75 Å². The Bertz CT molecular complexity index is 681. The molecule has 5 heteroatoms. The summed E-state index contributed by atoms with van der Waals surface area (Å²) in [6.07, 6.45) is -0.741. The minimum Gasteiger partial charge on any atom is -0.491 e. The summed E-state index contributed by atoms with van der Waals surface area (Å²) in [4.78, 5) is 13.0. The van der Waals surface area contributed by atoms with Gasteiger partial charge in [-0.15, -0.1) is 11.8 Å². The van der Waals surface area contributed by atoms with Crippen LogP contribution in [0.4, 0.5) is 0 Å². The van der Waals surface area contributed by atoms with E-state index in [9.17, 15) is 9.90 Å². The number of ether oxygens (including phenoxy) is 1. The second-order valence-electron chi connectivity index (χ2n) is 7.15. The van der Waals surface area contributed by atoms with Gasteiger partial charge < -0.3 is 15.2 Å². The van der Waals surface area contributed by atoms with Gasteiger partial charge in [-0.2, -0.15) is 0 Å². The second kappa shape index (κ2) is 9.64. The van der Waals surface area contributed by atoms with Crippen LogP contribution in [-0.4, -0.2) is 36.0 Å². The molecule has 2 aromatic rings. The lowest BCUT2D eigenvalue weighted by Gasteiger charge is -2.19. The van der Waals surface area contributed by atoms with Gasteiger partial charge in [0, 0.05) is 11.4 Å². The van der Waals surface area contributed by atoms with E-state index in [1.165, 1.54) is 17.3 Å². The predicted octanol–water partition coefficient (Wildman–Crippen LogP) is 3.63. The van der Waals surface area contributed by atoms with Gasteiger partial charge in [-0.05, 0) is 35.2 Å². The molecule has 0 aliphatic heterocycles. The quantitative estimate of drug-likeness (QED) is 0.694. The number of rotatable bonds is 8. The number of aliphatic hydroxyl groups is 1. The van der Waals surface area contributed by atoms with Crippen molar-refractivity contribution in [1.29, 1.82) is 0 Å². The fourth-order valence-corrected chi connectivity index (χ4v) is 2.98. The fraction of sp³-hybridized carbons (Fsp3) is 0.381. The predicted molar refractivity (Wildman–Crippen MR) is 107 cm³/mol. The maximum Gasteiger partial charge on any atom is 0.230 e. The van der Waals surface area contributed by atoms with E-state index < -0.39 is 6.10 Å². The van der Waals surface area contributed by atoms with Gasteiger partial charge in [0.15, 0.2) is 0 Å². The Morgan fingerprint density at radius 2 is 1.77 bits per heavy atom. The Balaban J connectivity index is 1.67. The van der Waals surface area contributed by atoms with Gasteiger partial charge in [-0.25, -0.2) is 0 Å². The largest absolute Gasteiger partial charge is 0.491 e. The first-order valence-electron chi connectivity index (χ1n) is 8.70. The number of amides is 1. The van der Waals surface area contributed by atoms with Crippen LogP contribution in [-0.2, 0) is 10.2 Å². The number of carbonyl (C=O) groups excluding carboxylic acids is 1. The average molecular weight is 374 g/mol. The number of carbonyl (C=O) groups is 1. The molecule has 2 rings (SSSR count). The molecular formula is C21H27NO3S. The molecule has 1 unspecified atom stereocenters. The molecule has 0 aromatic heterocycles. The third-order valence-corrected chi connectivity index (χ3v) is 4.82. The van der Waals surface area contributed by atoms with Crippen molar-refractivity contribution < 1.29 is 14.6 Å². The smallest absolute Gasteiger partial charge is 0.230 e. The van der Waals surface area contributed by atoms with Crippen LogP contribution >= 0.6 is 11.8 Å². The van der Waals surface area contributed by atoms with Crippen molar-refractivity contribution in [2.75, 3.05) is 18.9 Å². The number of hydrogen-bond donors (Lipinski definition) is 2. The SMILES string of the molecule is CC(C)(C)c1ccc(SCC(=O)NCC(O)COc2ccccc2)cc1. The molecule has 0 aliphatic rings. The molecule has 140 valence electrons. The van der Waals surface area contributed by atoms with Crippen molar-refractivity contribution in [1.82, 2.24) is 5.32 Å². The van der Waals surface area contributed by atoms with Crippen LogP contribution in [0, 0.1) is 0 Å². The minimum atomic E-state index is -0.741. The molecule has 26 heavy (non-hydrogen) atoms. The van der Waals surface area contributed by atoms with E-state index in [0.717, 1.165) is 4.90 Å². The number of thioether (sulfide) groups is 1. The van der Waals surface area contributed by atoms with E-state index >= 15 is 0 Å². The highest BCUT2D eigenvalue weighted by Gasteiger charge is 2.13. The monoisotopic (exact) mass is 373 g/mol. The summed E-state index contributed by atoms with van der Waals surface area (Å²) in [6, 6.07) is 17.6. The van der Waals surface area contributed by atoms with Gasteiger partial charge >= 0.3 is 0 Å². The molecule has 0 heterocycles. The highest BCUT2D eigenvalue weighted by molar-refractivity contribution is 8.00. The lowest BCUT2D eigenvalue weighted by atomic mass is 9.87. The van der Waals surface area contributed by atoms with Crippen molar-refractivity contribution in [3.05, 3.63) is 60.2 Å². The maximum absolute atomic E-state index is 11.9. The first-order valence-corrected chi connectivity index (χ1v) is 9.69. The summed E-state index contributed by atoms with van der Waals surface area (Å²) >= 11 is 1.48. The number of aliphatic hydroxyl groups excluding tert-OH is 1. The summed E-state index contributed by atoms with van der Waals surface area (Å²) in [5.41, 5.74) is 1.39. The molecular weight excluding hydrogens is 346 g/mol. The summed E-state index contributed by atoms with van der Waals surface area (Å²) in [7, 11) is 0. The van der Waals surface area contributed by atoms with E-state index in [1.807, 2.05) is 42.5 Å². The first kappa shape index (κ1) is 20.3. The number of para-hydroxylation sites is 1. The topological polar surface area (TPSA) is 58.6 Å². The zero-order valence-corrected chi connectivity index (χ0v) is 16.4. The van der Waals surface area contributed by atoms with Crippen LogP contribution in [0.2, 0.25) is 0 Å². The van der Waals surface area contributed by atoms with Gasteiger partial charge in [-0.1, -0.05) is 51.1 Å². The van der Waals surface area contributed by atoms with Gasteiger partial charge in [0.05, 0.1) is 5.75 Å². The van der Waals surface area contributed by atoms with Crippen molar-refractivity contribution in [2.45, 2.75) is 37.2 Å². The third kappa shape index (κ3) is 7.10. The van der Waals surface area contributed by atoms with Crippen molar-refractivity contribution in [3.8, 4) is 5.75 Å². The molecule has 2 N–H and O–H groups in total. The van der Waals surface area contributed by atoms with Crippen molar-refractivity contribution in [2.24, 2.45) is 0 Å². The molecule has 0 saturated carbocycles. The zero-order chi connectivity index (χ0) is 19.0. The summed E-state index contributed by atoms with van der Waals surface area (Å²) in [5.74, 6) is 0.919. The Morgan fingerprint density at radius 1 is 1.12 bits per heavy atom. The van der Waals surface area contributed by atoms with E-state index in [1.54, 1.807) is 0 Å². The van der Waals surface area contributed by atoms with Crippen LogP contribution in [0.25, 0.3) is 0 Å². The normalized spacial score (nSPS) is 12.5. The number of benzene rings is 2. The summed E-state index contributed by atoms with van der Waals surface area (Å²) < 4.78 is 5.46. The lowest BCUT2D eigenvalue weighted by Crippen LogP contribution is -2.36. The second-order valence-corrected chi connectivity index (χ2v) is 8.19. The minimum absolute atomic E-state index is 0.103. The summed E-state index contributed by atoms with van der Waals surface area (Å²) in [6.45, 7) is 6.85. The van der Waals surface area contributed by atoms with Crippen LogP contribution in [0.15, 0.2) is 59.5 Å². The van der Waals surface area contributed by atoms with Gasteiger partial charge in [0.25, 0.3) is 0 Å². The maximum atomic E-state index is 11.9. The van der Waals surface area contributed by atoms with Crippen LogP contribution < -0.4 is 10.1 Å². The Hall–Kier alpha value is -1.98. The van der Waals surface area contributed by atoms with E-state index in [2.05, 4.69) is 38.2 Å². The number of nitrogens with one attached hydrogen (secondary N) is 1. The van der Waals surface area contributed by atoms with E-state index in [0.29, 0.717) is 11.5 Å². The van der Waals surface area contributed by atoms with Gasteiger partial charge in [0.2, 0.25) is 5.91 Å². The number of hydrogen-bond acceptors (Lipinski definition) is 4. The van der Waals surface area contributed by atoms with Crippen LogP contribution in [0.3, 0.4) is 0 Å². The average Bonchev–Trinajstić information content (AvgIpc) is 2.63. The van der Waals surface area contributed by atoms with Crippen molar-refractivity contribution >= 4 is 17.7 Å². The molecule has 0 spiro atoms. The molecule has 4 nitrogen and oxygen atoms in total. The molecule has 0 saturated heterocycles. The Kier molecular flexibility index (Phi) is 7.54. The molecule has 1 atom stereocenters. The van der Waals surface area contributed by atoms with E-state index in [4.69, 9.17) is 4.74 Å². The molecule has 0 fully saturated rings.